The fraction of sp³-hybridized carbons (Fsp3) is 1.00. The summed E-state index contributed by atoms with van der Waals surface area (Å²) in [6, 6.07) is 2.98. The van der Waals surface area contributed by atoms with E-state index in [-0.39, 0.29) is 0 Å². The van der Waals surface area contributed by atoms with Gasteiger partial charge in [-0.25, -0.2) is 0 Å². The van der Waals surface area contributed by atoms with Gasteiger partial charge in [0, 0.05) is 24.2 Å². The first-order valence-corrected chi connectivity index (χ1v) is 5.28. The zero-order valence-electron chi connectivity index (χ0n) is 8.14. The number of hydrogen-bond acceptors (Lipinski definition) is 2. The molecular formula is C10H20N2. The highest BCUT2D eigenvalue weighted by Crippen LogP contribution is 2.22. The van der Waals surface area contributed by atoms with Crippen LogP contribution in [-0.4, -0.2) is 24.2 Å². The molecule has 2 N–H and O–H groups in total. The van der Waals surface area contributed by atoms with Crippen molar-refractivity contribution < 1.29 is 0 Å². The van der Waals surface area contributed by atoms with Crippen LogP contribution in [0.5, 0.6) is 0 Å². The Labute approximate surface area is 75.1 Å². The van der Waals surface area contributed by atoms with Gasteiger partial charge in [-0.15, -0.1) is 0 Å². The summed E-state index contributed by atoms with van der Waals surface area (Å²) in [6.45, 7) is 4.60. The van der Waals surface area contributed by atoms with Gasteiger partial charge in [-0.1, -0.05) is 0 Å². The molecule has 2 rings (SSSR count). The third kappa shape index (κ3) is 1.64. The average molecular weight is 168 g/mol. The molecule has 4 atom stereocenters. The van der Waals surface area contributed by atoms with Crippen LogP contribution in [0.25, 0.3) is 0 Å². The molecule has 0 bridgehead atoms. The van der Waals surface area contributed by atoms with Gasteiger partial charge in [0.25, 0.3) is 0 Å². The van der Waals surface area contributed by atoms with Crippen molar-refractivity contribution >= 4 is 0 Å². The van der Waals surface area contributed by atoms with Gasteiger partial charge < -0.3 is 10.6 Å². The number of nitrogens with one attached hydrogen (secondary N) is 2. The van der Waals surface area contributed by atoms with E-state index in [1.165, 1.54) is 25.7 Å². The second-order valence-corrected chi connectivity index (χ2v) is 4.50. The average Bonchev–Trinajstić information content (AvgIpc) is 2.05. The zero-order valence-corrected chi connectivity index (χ0v) is 8.14. The second kappa shape index (κ2) is 3.35. The molecule has 0 aromatic heterocycles. The largest absolute Gasteiger partial charge is 0.310 e. The van der Waals surface area contributed by atoms with Crippen LogP contribution in [0.4, 0.5) is 0 Å². The molecule has 70 valence electrons. The quantitative estimate of drug-likeness (QED) is 0.569. The van der Waals surface area contributed by atoms with Crippen LogP contribution in [0.3, 0.4) is 0 Å². The van der Waals surface area contributed by atoms with Crippen LogP contribution < -0.4 is 10.6 Å². The van der Waals surface area contributed by atoms with Crippen LogP contribution in [0.1, 0.15) is 39.5 Å². The number of piperidine rings is 2. The van der Waals surface area contributed by atoms with Crippen molar-refractivity contribution in [3.05, 3.63) is 0 Å². The van der Waals surface area contributed by atoms with Crippen molar-refractivity contribution in [1.82, 2.24) is 10.6 Å². The van der Waals surface area contributed by atoms with Crippen molar-refractivity contribution in [2.75, 3.05) is 0 Å². The van der Waals surface area contributed by atoms with Crippen LogP contribution in [-0.2, 0) is 0 Å². The van der Waals surface area contributed by atoms with Crippen LogP contribution in [0, 0.1) is 0 Å². The summed E-state index contributed by atoms with van der Waals surface area (Å²) in [5.74, 6) is 0. The lowest BCUT2D eigenvalue weighted by Crippen LogP contribution is -2.59. The van der Waals surface area contributed by atoms with Crippen LogP contribution in [0.15, 0.2) is 0 Å². The summed E-state index contributed by atoms with van der Waals surface area (Å²) in [4.78, 5) is 0. The summed E-state index contributed by atoms with van der Waals surface area (Å²) in [7, 11) is 0. The lowest BCUT2D eigenvalue weighted by Gasteiger charge is -2.42. The highest BCUT2D eigenvalue weighted by Gasteiger charge is 2.31. The Morgan fingerprint density at radius 2 is 1.17 bits per heavy atom. The predicted molar refractivity (Wildman–Crippen MR) is 51.2 cm³/mol. The minimum absolute atomic E-state index is 0.737. The molecule has 0 aromatic carbocycles. The molecular weight excluding hydrogens is 148 g/mol. The molecule has 0 aliphatic carbocycles. The van der Waals surface area contributed by atoms with Gasteiger partial charge in [-0.05, 0) is 39.5 Å². The molecule has 0 unspecified atom stereocenters. The van der Waals surface area contributed by atoms with Gasteiger partial charge in [0.1, 0.15) is 0 Å². The zero-order chi connectivity index (χ0) is 8.55. The highest BCUT2D eigenvalue weighted by molar-refractivity contribution is 4.94. The van der Waals surface area contributed by atoms with E-state index in [1.807, 2.05) is 0 Å². The second-order valence-electron chi connectivity index (χ2n) is 4.50. The molecule has 0 spiro atoms. The summed E-state index contributed by atoms with van der Waals surface area (Å²) < 4.78 is 0. The lowest BCUT2D eigenvalue weighted by molar-refractivity contribution is 0.192. The van der Waals surface area contributed by atoms with Gasteiger partial charge >= 0.3 is 0 Å². The van der Waals surface area contributed by atoms with Crippen molar-refractivity contribution in [3.8, 4) is 0 Å². The van der Waals surface area contributed by atoms with Crippen molar-refractivity contribution in [1.29, 1.82) is 0 Å². The Bertz CT molecular complexity index is 140. The Morgan fingerprint density at radius 3 is 1.58 bits per heavy atom. The Hall–Kier alpha value is -0.0800. The number of hydrogen-bond donors (Lipinski definition) is 2. The topological polar surface area (TPSA) is 24.1 Å². The molecule has 2 nitrogen and oxygen atoms in total. The van der Waals surface area contributed by atoms with E-state index in [0.29, 0.717) is 0 Å². The number of fused-ring (bicyclic) bond motifs is 1. The third-order valence-electron chi connectivity index (χ3n) is 3.30. The molecule has 2 fully saturated rings. The van der Waals surface area contributed by atoms with E-state index in [0.717, 1.165) is 24.2 Å². The van der Waals surface area contributed by atoms with Crippen molar-refractivity contribution in [2.24, 2.45) is 0 Å². The van der Waals surface area contributed by atoms with Gasteiger partial charge in [-0.2, -0.15) is 0 Å². The molecule has 2 saturated heterocycles. The van der Waals surface area contributed by atoms with E-state index in [9.17, 15) is 0 Å². The SMILES string of the molecule is C[C@H]1CC[C@@H]2N[C@@H](C)CC[C@@H]2N1. The standard InChI is InChI=1S/C10H20N2/c1-7-3-5-10-9(11-7)6-4-8(2)12-10/h7-12H,3-6H2,1-2H3/t7-,8-,9-,10-/m0/s1. The summed E-state index contributed by atoms with van der Waals surface area (Å²) in [6.07, 6.45) is 5.40. The third-order valence-corrected chi connectivity index (χ3v) is 3.30. The predicted octanol–water partition coefficient (Wildman–Crippen LogP) is 1.27. The maximum absolute atomic E-state index is 3.68. The highest BCUT2D eigenvalue weighted by atomic mass is 15.1. The maximum atomic E-state index is 3.68. The molecule has 0 radical (unpaired) electrons. The first-order valence-electron chi connectivity index (χ1n) is 5.28. The van der Waals surface area contributed by atoms with E-state index in [2.05, 4.69) is 24.5 Å². The van der Waals surface area contributed by atoms with Crippen molar-refractivity contribution in [3.63, 3.8) is 0 Å². The first-order chi connectivity index (χ1) is 5.75. The van der Waals surface area contributed by atoms with Crippen molar-refractivity contribution in [2.45, 2.75) is 63.7 Å². The number of rotatable bonds is 0. The smallest absolute Gasteiger partial charge is 0.0224 e. The van der Waals surface area contributed by atoms with Gasteiger partial charge in [0.05, 0.1) is 0 Å². The van der Waals surface area contributed by atoms with E-state index >= 15 is 0 Å². The van der Waals surface area contributed by atoms with E-state index in [4.69, 9.17) is 0 Å². The molecule has 2 heterocycles. The normalized spacial score (nSPS) is 48.5. The molecule has 2 aliphatic rings. The Morgan fingerprint density at radius 1 is 0.750 bits per heavy atom. The molecule has 2 aliphatic heterocycles. The minimum atomic E-state index is 0.737. The Kier molecular flexibility index (Phi) is 2.37. The molecule has 2 heteroatoms. The monoisotopic (exact) mass is 168 g/mol. The fourth-order valence-corrected chi connectivity index (χ4v) is 2.56. The summed E-state index contributed by atoms with van der Waals surface area (Å²) in [5, 5.41) is 7.35. The molecule has 12 heavy (non-hydrogen) atoms. The summed E-state index contributed by atoms with van der Waals surface area (Å²) >= 11 is 0. The maximum Gasteiger partial charge on any atom is 0.0224 e. The molecule has 0 saturated carbocycles. The lowest BCUT2D eigenvalue weighted by atomic mass is 9.86. The first kappa shape index (κ1) is 8.52. The minimum Gasteiger partial charge on any atom is -0.310 e. The molecule has 0 aromatic rings. The summed E-state index contributed by atoms with van der Waals surface area (Å²) in [5.41, 5.74) is 0. The van der Waals surface area contributed by atoms with Crippen LogP contribution >= 0.6 is 0 Å². The van der Waals surface area contributed by atoms with Gasteiger partial charge in [-0.3, -0.25) is 0 Å². The molecule has 0 amide bonds. The Balaban J connectivity index is 1.94. The van der Waals surface area contributed by atoms with Gasteiger partial charge in [0.2, 0.25) is 0 Å². The van der Waals surface area contributed by atoms with E-state index in [1.54, 1.807) is 0 Å². The fourth-order valence-electron chi connectivity index (χ4n) is 2.56. The van der Waals surface area contributed by atoms with E-state index < -0.39 is 0 Å². The van der Waals surface area contributed by atoms with Gasteiger partial charge in [0.15, 0.2) is 0 Å². The van der Waals surface area contributed by atoms with Crippen LogP contribution in [0.2, 0.25) is 0 Å².